The van der Waals surface area contributed by atoms with Crippen LogP contribution in [0.5, 0.6) is 5.75 Å². The number of benzene rings is 1. The van der Waals surface area contributed by atoms with Crippen LogP contribution in [0.1, 0.15) is 108 Å². The van der Waals surface area contributed by atoms with E-state index in [1.807, 2.05) is 0 Å². The maximum absolute atomic E-state index is 15.2. The van der Waals surface area contributed by atoms with Gasteiger partial charge in [-0.05, 0) is 86.7 Å². The van der Waals surface area contributed by atoms with Gasteiger partial charge in [-0.15, -0.1) is 0 Å². The van der Waals surface area contributed by atoms with Crippen molar-refractivity contribution in [2.24, 2.45) is 23.7 Å². The summed E-state index contributed by atoms with van der Waals surface area (Å²) >= 11 is 0. The van der Waals surface area contributed by atoms with Gasteiger partial charge in [-0.3, -0.25) is 0 Å². The summed E-state index contributed by atoms with van der Waals surface area (Å²) in [6.45, 7) is 4.03. The summed E-state index contributed by atoms with van der Waals surface area (Å²) in [4.78, 5) is 0. The molecule has 2 unspecified atom stereocenters. The zero-order chi connectivity index (χ0) is 26.8. The summed E-state index contributed by atoms with van der Waals surface area (Å²) < 4.78 is 97.7. The Balaban J connectivity index is 1.44. The molecule has 37 heavy (non-hydrogen) atoms. The van der Waals surface area contributed by atoms with Crippen LogP contribution in [-0.2, 0) is 10.9 Å². The lowest BCUT2D eigenvalue weighted by atomic mass is 9.76. The highest BCUT2D eigenvalue weighted by atomic mass is 19.4. The largest absolute Gasteiger partial charge is 0.429 e. The quantitative estimate of drug-likeness (QED) is 0.324. The molecule has 0 radical (unpaired) electrons. The van der Waals surface area contributed by atoms with Crippen molar-refractivity contribution in [3.05, 3.63) is 29.1 Å². The lowest BCUT2D eigenvalue weighted by molar-refractivity contribution is -0.245. The van der Waals surface area contributed by atoms with Crippen LogP contribution in [0.15, 0.2) is 12.1 Å². The van der Waals surface area contributed by atoms with Gasteiger partial charge < -0.3 is 9.47 Å². The van der Waals surface area contributed by atoms with Gasteiger partial charge in [-0.2, -0.15) is 22.0 Å². The molecule has 2 aliphatic carbocycles. The van der Waals surface area contributed by atoms with Crippen LogP contribution < -0.4 is 4.74 Å². The Kier molecular flexibility index (Phi) is 9.07. The summed E-state index contributed by atoms with van der Waals surface area (Å²) in [5, 5.41) is 0. The van der Waals surface area contributed by atoms with E-state index in [0.29, 0.717) is 37.0 Å². The van der Waals surface area contributed by atoms with Gasteiger partial charge in [0.1, 0.15) is 0 Å². The fraction of sp³-hybridized carbons (Fsp3) is 0.793. The zero-order valence-electron chi connectivity index (χ0n) is 21.9. The van der Waals surface area contributed by atoms with E-state index in [4.69, 9.17) is 9.47 Å². The minimum absolute atomic E-state index is 0.0835. The van der Waals surface area contributed by atoms with Gasteiger partial charge in [0.15, 0.2) is 11.6 Å². The molecular weight excluding hydrogens is 494 g/mol. The molecule has 4 rings (SSSR count). The van der Waals surface area contributed by atoms with E-state index in [9.17, 15) is 13.2 Å². The van der Waals surface area contributed by atoms with Crippen molar-refractivity contribution in [3.8, 4) is 5.75 Å². The van der Waals surface area contributed by atoms with E-state index in [-0.39, 0.29) is 24.7 Å². The topological polar surface area (TPSA) is 18.5 Å². The summed E-state index contributed by atoms with van der Waals surface area (Å²) in [5.74, 6) is -3.09. The normalized spacial score (nSPS) is 31.8. The molecular formula is C29H40F6O2. The molecule has 0 N–H and O–H groups in total. The molecule has 0 bridgehead atoms. The molecule has 1 heterocycles. The third kappa shape index (κ3) is 6.77. The minimum Gasteiger partial charge on any atom is -0.429 e. The van der Waals surface area contributed by atoms with Gasteiger partial charge in [-0.25, -0.2) is 4.39 Å². The zero-order valence-corrected chi connectivity index (χ0v) is 21.9. The molecule has 1 aliphatic heterocycles. The average Bonchev–Trinajstić information content (AvgIpc) is 2.85. The fourth-order valence-corrected chi connectivity index (χ4v) is 6.75. The number of ether oxygens (including phenoxy) is 2. The van der Waals surface area contributed by atoms with Crippen LogP contribution in [0.4, 0.5) is 26.3 Å². The van der Waals surface area contributed by atoms with E-state index >= 15 is 13.2 Å². The van der Waals surface area contributed by atoms with Crippen molar-refractivity contribution < 1.29 is 35.8 Å². The maximum Gasteiger partial charge on any atom is 0.419 e. The van der Waals surface area contributed by atoms with E-state index in [1.54, 1.807) is 0 Å². The van der Waals surface area contributed by atoms with Crippen LogP contribution in [0.3, 0.4) is 0 Å². The van der Waals surface area contributed by atoms with Gasteiger partial charge in [0.25, 0.3) is 0 Å². The summed E-state index contributed by atoms with van der Waals surface area (Å²) in [7, 11) is 0. The van der Waals surface area contributed by atoms with Gasteiger partial charge in [0.2, 0.25) is 0 Å². The third-order valence-electron chi connectivity index (χ3n) is 9.02. The molecule has 2 saturated carbocycles. The van der Waals surface area contributed by atoms with E-state index < -0.39 is 41.3 Å². The van der Waals surface area contributed by atoms with E-state index in [0.717, 1.165) is 63.5 Å². The first-order chi connectivity index (χ1) is 17.5. The highest BCUT2D eigenvalue weighted by Crippen LogP contribution is 2.47. The van der Waals surface area contributed by atoms with Gasteiger partial charge >= 0.3 is 12.3 Å². The predicted molar refractivity (Wildman–Crippen MR) is 130 cm³/mol. The average molecular weight is 535 g/mol. The van der Waals surface area contributed by atoms with E-state index in [2.05, 4.69) is 13.8 Å². The van der Waals surface area contributed by atoms with E-state index in [1.165, 1.54) is 0 Å². The van der Waals surface area contributed by atoms with Crippen LogP contribution in [0.25, 0.3) is 0 Å². The standard InChI is InChI=1S/C29H40F6O2/c1-3-4-19-7-11-20(12-8-19)23-14-16-25(27(30)26(23)28(31,32)33)37-29(34,35)22-13-15-24(36-17-22)21-9-5-18(2)6-10-21/h14,16,18-22,24H,3-13,15,17H2,1-2H3. The molecule has 2 nitrogen and oxygen atoms in total. The van der Waals surface area contributed by atoms with Gasteiger partial charge in [-0.1, -0.05) is 45.6 Å². The van der Waals surface area contributed by atoms with Gasteiger partial charge in [0.05, 0.1) is 24.2 Å². The molecule has 3 fully saturated rings. The molecule has 0 spiro atoms. The highest BCUT2D eigenvalue weighted by molar-refractivity contribution is 5.42. The monoisotopic (exact) mass is 534 g/mol. The Hall–Kier alpha value is -1.44. The maximum atomic E-state index is 15.2. The SMILES string of the molecule is CCCC1CCC(c2ccc(OC(F)(F)C3CCC(C4CCC(C)CC4)OC3)c(F)c2C(F)(F)F)CC1. The molecule has 2 atom stereocenters. The third-order valence-corrected chi connectivity index (χ3v) is 9.02. The number of halogens is 6. The first kappa shape index (κ1) is 28.6. The lowest BCUT2D eigenvalue weighted by Gasteiger charge is -2.39. The van der Waals surface area contributed by atoms with Crippen LogP contribution >= 0.6 is 0 Å². The summed E-state index contributed by atoms with van der Waals surface area (Å²) in [5.41, 5.74) is -1.62. The van der Waals surface area contributed by atoms with Crippen molar-refractivity contribution in [2.45, 2.75) is 115 Å². The first-order valence-corrected chi connectivity index (χ1v) is 14.1. The van der Waals surface area contributed by atoms with Crippen molar-refractivity contribution in [2.75, 3.05) is 6.61 Å². The predicted octanol–water partition coefficient (Wildman–Crippen LogP) is 9.51. The van der Waals surface area contributed by atoms with Crippen molar-refractivity contribution in [1.29, 1.82) is 0 Å². The summed E-state index contributed by atoms with van der Waals surface area (Å²) in [6, 6.07) is 2.08. The Morgan fingerprint density at radius 1 is 0.892 bits per heavy atom. The second kappa shape index (κ2) is 11.7. The van der Waals surface area contributed by atoms with Crippen LogP contribution in [0, 0.1) is 29.5 Å². The highest BCUT2D eigenvalue weighted by Gasteiger charge is 2.48. The molecule has 8 heteroatoms. The summed E-state index contributed by atoms with van der Waals surface area (Å²) in [6.07, 6.45) is 0.556. The number of alkyl halides is 5. The second-order valence-electron chi connectivity index (χ2n) is 11.7. The van der Waals surface area contributed by atoms with Crippen molar-refractivity contribution in [1.82, 2.24) is 0 Å². The molecule has 1 aromatic carbocycles. The number of hydrogen-bond donors (Lipinski definition) is 0. The van der Waals surface area contributed by atoms with Crippen molar-refractivity contribution >= 4 is 0 Å². The minimum atomic E-state index is -5.01. The molecule has 0 aromatic heterocycles. The Morgan fingerprint density at radius 3 is 2.14 bits per heavy atom. The second-order valence-corrected chi connectivity index (χ2v) is 11.7. The smallest absolute Gasteiger partial charge is 0.419 e. The lowest BCUT2D eigenvalue weighted by Crippen LogP contribution is -2.43. The Labute approximate surface area is 216 Å². The first-order valence-electron chi connectivity index (χ1n) is 14.1. The fourth-order valence-electron chi connectivity index (χ4n) is 6.75. The Morgan fingerprint density at radius 2 is 1.57 bits per heavy atom. The Bertz CT molecular complexity index is 877. The van der Waals surface area contributed by atoms with Gasteiger partial charge in [0, 0.05) is 0 Å². The van der Waals surface area contributed by atoms with Crippen LogP contribution in [0.2, 0.25) is 0 Å². The molecule has 0 amide bonds. The molecule has 1 saturated heterocycles. The number of hydrogen-bond acceptors (Lipinski definition) is 2. The molecule has 1 aromatic rings. The molecule has 210 valence electrons. The van der Waals surface area contributed by atoms with Crippen LogP contribution in [-0.4, -0.2) is 18.8 Å². The van der Waals surface area contributed by atoms with Crippen molar-refractivity contribution in [3.63, 3.8) is 0 Å². The molecule has 3 aliphatic rings. The number of rotatable bonds is 7.